The summed E-state index contributed by atoms with van der Waals surface area (Å²) in [5.74, 6) is 0.828. The molecule has 1 aromatic carbocycles. The summed E-state index contributed by atoms with van der Waals surface area (Å²) in [4.78, 5) is 1.05. The smallest absolute Gasteiger partial charge is 0.102 e. The van der Waals surface area contributed by atoms with Crippen molar-refractivity contribution < 1.29 is 0 Å². The summed E-state index contributed by atoms with van der Waals surface area (Å²) in [5.41, 5.74) is 1.77. The van der Waals surface area contributed by atoms with E-state index in [0.717, 1.165) is 28.6 Å². The molecule has 0 heterocycles. The van der Waals surface area contributed by atoms with E-state index in [1.165, 1.54) is 12.8 Å². The van der Waals surface area contributed by atoms with Gasteiger partial charge in [-0.2, -0.15) is 5.26 Å². The SMILES string of the molecule is CSc1cccc(NCC2CC2)c1C#N. The molecule has 0 amide bonds. The van der Waals surface area contributed by atoms with Gasteiger partial charge in [0.2, 0.25) is 0 Å². The fraction of sp³-hybridized carbons (Fsp3) is 0.417. The highest BCUT2D eigenvalue weighted by atomic mass is 32.2. The highest BCUT2D eigenvalue weighted by molar-refractivity contribution is 7.98. The van der Waals surface area contributed by atoms with Crippen molar-refractivity contribution in [3.8, 4) is 6.07 Å². The first kappa shape index (κ1) is 10.4. The highest BCUT2D eigenvalue weighted by Crippen LogP contribution is 2.31. The van der Waals surface area contributed by atoms with Gasteiger partial charge < -0.3 is 5.32 Å². The van der Waals surface area contributed by atoms with Gasteiger partial charge in [-0.05, 0) is 37.1 Å². The molecule has 0 spiro atoms. The summed E-state index contributed by atoms with van der Waals surface area (Å²) in [6.07, 6.45) is 4.66. The number of rotatable bonds is 4. The first-order valence-corrected chi connectivity index (χ1v) is 6.38. The molecule has 2 rings (SSSR count). The predicted octanol–water partition coefficient (Wildman–Crippen LogP) is 3.10. The van der Waals surface area contributed by atoms with E-state index in [1.54, 1.807) is 11.8 Å². The molecule has 0 bridgehead atoms. The van der Waals surface area contributed by atoms with E-state index in [0.29, 0.717) is 0 Å². The number of nitrogens with zero attached hydrogens (tertiary/aromatic N) is 1. The number of thioether (sulfide) groups is 1. The summed E-state index contributed by atoms with van der Waals surface area (Å²) in [6.45, 7) is 1.01. The first-order chi connectivity index (χ1) is 7.35. The van der Waals surface area contributed by atoms with Crippen molar-refractivity contribution in [1.82, 2.24) is 0 Å². The largest absolute Gasteiger partial charge is 0.384 e. The summed E-state index contributed by atoms with van der Waals surface area (Å²) >= 11 is 1.62. The Balaban J connectivity index is 2.17. The predicted molar refractivity (Wildman–Crippen MR) is 64.2 cm³/mol. The van der Waals surface area contributed by atoms with Gasteiger partial charge in [-0.1, -0.05) is 6.07 Å². The van der Waals surface area contributed by atoms with Crippen molar-refractivity contribution in [2.24, 2.45) is 5.92 Å². The van der Waals surface area contributed by atoms with E-state index in [-0.39, 0.29) is 0 Å². The summed E-state index contributed by atoms with van der Waals surface area (Å²) in [6, 6.07) is 8.26. The zero-order valence-corrected chi connectivity index (χ0v) is 9.60. The second-order valence-electron chi connectivity index (χ2n) is 3.82. The third kappa shape index (κ3) is 2.45. The third-order valence-electron chi connectivity index (χ3n) is 2.64. The number of anilines is 1. The Kier molecular flexibility index (Phi) is 3.17. The lowest BCUT2D eigenvalue weighted by atomic mass is 10.2. The minimum absolute atomic E-state index is 0.783. The standard InChI is InChI=1S/C12H14N2S/c1-15-12-4-2-3-11(10(12)7-13)14-8-9-5-6-9/h2-4,9,14H,5-6,8H2,1H3. The molecule has 0 atom stereocenters. The Hall–Kier alpha value is -1.14. The fourth-order valence-corrected chi connectivity index (χ4v) is 2.11. The molecular formula is C12H14N2S. The number of benzene rings is 1. The van der Waals surface area contributed by atoms with E-state index < -0.39 is 0 Å². The van der Waals surface area contributed by atoms with Crippen LogP contribution in [0.1, 0.15) is 18.4 Å². The summed E-state index contributed by atoms with van der Waals surface area (Å²) < 4.78 is 0. The van der Waals surface area contributed by atoms with Gasteiger partial charge in [0, 0.05) is 11.4 Å². The molecule has 0 saturated heterocycles. The molecule has 1 N–H and O–H groups in total. The monoisotopic (exact) mass is 218 g/mol. The molecule has 1 aliphatic carbocycles. The molecular weight excluding hydrogens is 204 g/mol. The van der Waals surface area contributed by atoms with Crippen molar-refractivity contribution in [3.63, 3.8) is 0 Å². The van der Waals surface area contributed by atoms with Gasteiger partial charge in [-0.15, -0.1) is 11.8 Å². The molecule has 2 nitrogen and oxygen atoms in total. The van der Waals surface area contributed by atoms with Crippen LogP contribution < -0.4 is 5.32 Å². The van der Waals surface area contributed by atoms with Crippen LogP contribution in [0.2, 0.25) is 0 Å². The summed E-state index contributed by atoms with van der Waals surface area (Å²) in [7, 11) is 0. The van der Waals surface area contributed by atoms with Crippen molar-refractivity contribution in [1.29, 1.82) is 5.26 Å². The van der Waals surface area contributed by atoms with Crippen LogP contribution in [0.15, 0.2) is 23.1 Å². The first-order valence-electron chi connectivity index (χ1n) is 5.16. The lowest BCUT2D eigenvalue weighted by Gasteiger charge is -2.09. The Morgan fingerprint density at radius 2 is 2.33 bits per heavy atom. The second-order valence-corrected chi connectivity index (χ2v) is 4.67. The van der Waals surface area contributed by atoms with Crippen molar-refractivity contribution in [2.75, 3.05) is 18.1 Å². The van der Waals surface area contributed by atoms with Crippen molar-refractivity contribution in [2.45, 2.75) is 17.7 Å². The minimum atomic E-state index is 0.783. The van der Waals surface area contributed by atoms with Crippen molar-refractivity contribution >= 4 is 17.4 Å². The molecule has 0 radical (unpaired) electrons. The van der Waals surface area contributed by atoms with E-state index >= 15 is 0 Å². The second kappa shape index (κ2) is 4.59. The molecule has 1 aliphatic rings. The van der Waals surface area contributed by atoms with Crippen LogP contribution in [0, 0.1) is 17.2 Å². The quantitative estimate of drug-likeness (QED) is 0.789. The van der Waals surface area contributed by atoms with Gasteiger partial charge in [-0.3, -0.25) is 0 Å². The van der Waals surface area contributed by atoms with Crippen LogP contribution in [-0.4, -0.2) is 12.8 Å². The summed E-state index contributed by atoms with van der Waals surface area (Å²) in [5, 5.41) is 12.5. The molecule has 0 aromatic heterocycles. The zero-order valence-electron chi connectivity index (χ0n) is 8.79. The van der Waals surface area contributed by atoms with Crippen LogP contribution in [0.4, 0.5) is 5.69 Å². The third-order valence-corrected chi connectivity index (χ3v) is 3.42. The van der Waals surface area contributed by atoms with Crippen LogP contribution in [0.5, 0.6) is 0 Å². The Bertz CT molecular complexity index is 391. The van der Waals surface area contributed by atoms with Crippen LogP contribution in [0.3, 0.4) is 0 Å². The molecule has 78 valence electrons. The normalized spacial score (nSPS) is 14.7. The van der Waals surface area contributed by atoms with Crippen LogP contribution in [0.25, 0.3) is 0 Å². The number of nitriles is 1. The number of nitrogens with one attached hydrogen (secondary N) is 1. The topological polar surface area (TPSA) is 35.8 Å². The van der Waals surface area contributed by atoms with Gasteiger partial charge >= 0.3 is 0 Å². The molecule has 3 heteroatoms. The Morgan fingerprint density at radius 3 is 2.93 bits per heavy atom. The minimum Gasteiger partial charge on any atom is -0.384 e. The maximum absolute atomic E-state index is 9.11. The molecule has 1 saturated carbocycles. The Morgan fingerprint density at radius 1 is 1.53 bits per heavy atom. The Labute approximate surface area is 94.7 Å². The molecule has 1 fully saturated rings. The highest BCUT2D eigenvalue weighted by Gasteiger charge is 2.21. The lowest BCUT2D eigenvalue weighted by Crippen LogP contribution is -2.05. The molecule has 15 heavy (non-hydrogen) atoms. The maximum atomic E-state index is 9.11. The van der Waals surface area contributed by atoms with E-state index in [2.05, 4.69) is 11.4 Å². The lowest BCUT2D eigenvalue weighted by molar-refractivity contribution is 0.888. The van der Waals surface area contributed by atoms with E-state index in [1.807, 2.05) is 24.5 Å². The zero-order chi connectivity index (χ0) is 10.7. The van der Waals surface area contributed by atoms with Gasteiger partial charge in [0.25, 0.3) is 0 Å². The van der Waals surface area contributed by atoms with Gasteiger partial charge in [0.15, 0.2) is 0 Å². The fourth-order valence-electron chi connectivity index (χ4n) is 1.54. The van der Waals surface area contributed by atoms with Crippen LogP contribution in [-0.2, 0) is 0 Å². The number of hydrogen-bond acceptors (Lipinski definition) is 3. The molecule has 0 unspecified atom stereocenters. The van der Waals surface area contributed by atoms with E-state index in [4.69, 9.17) is 5.26 Å². The van der Waals surface area contributed by atoms with Gasteiger partial charge in [0.05, 0.1) is 11.3 Å². The average Bonchev–Trinajstić information content (AvgIpc) is 3.09. The van der Waals surface area contributed by atoms with Crippen molar-refractivity contribution in [3.05, 3.63) is 23.8 Å². The average molecular weight is 218 g/mol. The van der Waals surface area contributed by atoms with Gasteiger partial charge in [-0.25, -0.2) is 0 Å². The maximum Gasteiger partial charge on any atom is 0.102 e. The van der Waals surface area contributed by atoms with Gasteiger partial charge in [0.1, 0.15) is 6.07 Å². The number of hydrogen-bond donors (Lipinski definition) is 1. The molecule has 0 aliphatic heterocycles. The van der Waals surface area contributed by atoms with Crippen LogP contribution >= 0.6 is 11.8 Å². The van der Waals surface area contributed by atoms with E-state index in [9.17, 15) is 0 Å². The molecule has 1 aromatic rings.